The number of halogens is 8. The Labute approximate surface area is 199 Å². The number of sulfonamides is 3. The van der Waals surface area contributed by atoms with Crippen LogP contribution < -0.4 is 14.2 Å². The van der Waals surface area contributed by atoms with Gasteiger partial charge in [0.25, 0.3) is 26.0 Å². The number of amides is 2. The molecule has 0 aromatic carbocycles. The van der Waals surface area contributed by atoms with E-state index in [1.807, 2.05) is 0 Å². The van der Waals surface area contributed by atoms with Gasteiger partial charge in [0.05, 0.1) is 12.8 Å². The number of imide groups is 1. The Kier molecular flexibility index (Phi) is 9.22. The molecule has 1 saturated carbocycles. The minimum atomic E-state index is -7.45. The summed E-state index contributed by atoms with van der Waals surface area (Å²) in [6.45, 7) is -2.73. The number of rotatable bonds is 11. The molecular formula is C14H19F8N3O8S3. The summed E-state index contributed by atoms with van der Waals surface area (Å²) < 4.78 is 178. The molecule has 0 heterocycles. The van der Waals surface area contributed by atoms with E-state index in [1.54, 1.807) is 0 Å². The van der Waals surface area contributed by atoms with Crippen LogP contribution in [0, 0.1) is 5.92 Å². The maximum Gasteiger partial charge on any atom is 0.429 e. The average Bonchev–Trinajstić information content (AvgIpc) is 2.70. The first kappa shape index (κ1) is 32.4. The largest absolute Gasteiger partial charge is 0.429 e. The number of nitrogens with one attached hydrogen (secondary N) is 3. The topological polar surface area (TPSA) is 173 Å². The van der Waals surface area contributed by atoms with Crippen molar-refractivity contribution in [3.63, 3.8) is 0 Å². The predicted octanol–water partition coefficient (Wildman–Crippen LogP) is 0.464. The molecule has 2 amide bonds. The SMILES string of the molecule is CS(=O)(=O)NS(=O)(=O)C(F)(F)C(F)(F)C(F)(F)S(=O)(=O)NCC(F)(F)C(=O)NC(=O)C1CCCCC1. The molecule has 0 spiro atoms. The van der Waals surface area contributed by atoms with E-state index in [9.17, 15) is 70.0 Å². The molecule has 0 radical (unpaired) electrons. The van der Waals surface area contributed by atoms with Crippen molar-refractivity contribution in [1.29, 1.82) is 0 Å². The summed E-state index contributed by atoms with van der Waals surface area (Å²) in [6.07, 6.45) is 2.03. The smallest absolute Gasteiger partial charge is 0.291 e. The standard InChI is InChI=1S/C14H19F8N3O8S3/c1-34(28,29)25-36(32,33)14(21,22)12(17,18)13(19,20)35(30,31)23-7-11(15,16)10(27)24-9(26)8-5-3-2-4-6-8/h8,23,25H,2-7H2,1H3,(H,24,26,27). The van der Waals surface area contributed by atoms with Crippen LogP contribution in [-0.2, 0) is 39.7 Å². The fourth-order valence-electron chi connectivity index (χ4n) is 2.79. The molecule has 36 heavy (non-hydrogen) atoms. The molecule has 0 bridgehead atoms. The van der Waals surface area contributed by atoms with Crippen molar-refractivity contribution >= 4 is 41.9 Å². The van der Waals surface area contributed by atoms with E-state index >= 15 is 0 Å². The van der Waals surface area contributed by atoms with Gasteiger partial charge >= 0.3 is 22.4 Å². The van der Waals surface area contributed by atoms with Gasteiger partial charge in [-0.05, 0) is 12.8 Å². The Morgan fingerprint density at radius 3 is 1.67 bits per heavy atom. The van der Waals surface area contributed by atoms with E-state index in [2.05, 4.69) is 0 Å². The normalized spacial score (nSPS) is 17.6. The highest BCUT2D eigenvalue weighted by atomic mass is 32.3. The number of carbonyl (C=O) groups is 2. The van der Waals surface area contributed by atoms with E-state index < -0.39 is 76.7 Å². The number of alkyl halides is 8. The van der Waals surface area contributed by atoms with Gasteiger partial charge in [-0.2, -0.15) is 35.1 Å². The third-order valence-electron chi connectivity index (χ3n) is 4.70. The van der Waals surface area contributed by atoms with Gasteiger partial charge in [0, 0.05) is 5.92 Å². The van der Waals surface area contributed by atoms with Gasteiger partial charge < -0.3 is 0 Å². The van der Waals surface area contributed by atoms with Gasteiger partial charge in [-0.15, -0.1) is 4.13 Å². The van der Waals surface area contributed by atoms with Gasteiger partial charge in [-0.1, -0.05) is 19.3 Å². The zero-order valence-corrected chi connectivity index (χ0v) is 20.3. The second-order valence-electron chi connectivity index (χ2n) is 7.65. The van der Waals surface area contributed by atoms with E-state index in [0.29, 0.717) is 12.8 Å². The molecule has 11 nitrogen and oxygen atoms in total. The van der Waals surface area contributed by atoms with E-state index in [1.165, 1.54) is 5.32 Å². The Hall–Kier alpha value is -1.65. The molecule has 0 saturated heterocycles. The van der Waals surface area contributed by atoms with Crippen molar-refractivity contribution in [2.75, 3.05) is 12.8 Å². The summed E-state index contributed by atoms with van der Waals surface area (Å²) in [7, 11) is -19.9. The van der Waals surface area contributed by atoms with E-state index in [-0.39, 0.29) is 27.9 Å². The third-order valence-corrected chi connectivity index (χ3v) is 9.17. The highest BCUT2D eigenvalue weighted by Gasteiger charge is 2.82. The van der Waals surface area contributed by atoms with Crippen LogP contribution in [0.15, 0.2) is 0 Å². The van der Waals surface area contributed by atoms with E-state index in [0.717, 1.165) is 6.42 Å². The molecule has 1 fully saturated rings. The molecule has 0 aromatic heterocycles. The van der Waals surface area contributed by atoms with Crippen molar-refractivity contribution in [2.45, 2.75) is 54.5 Å². The molecule has 0 aromatic rings. The lowest BCUT2D eigenvalue weighted by atomic mass is 9.88. The molecule has 22 heteroatoms. The number of hydrogen-bond donors (Lipinski definition) is 3. The van der Waals surface area contributed by atoms with Gasteiger partial charge in [-0.3, -0.25) is 14.9 Å². The predicted molar refractivity (Wildman–Crippen MR) is 103 cm³/mol. The molecule has 1 aliphatic rings. The summed E-state index contributed by atoms with van der Waals surface area (Å²) in [5, 5.41) is -13.1. The van der Waals surface area contributed by atoms with Gasteiger partial charge in [0.15, 0.2) is 0 Å². The van der Waals surface area contributed by atoms with E-state index in [4.69, 9.17) is 0 Å². The summed E-state index contributed by atoms with van der Waals surface area (Å²) in [6, 6.07) is 0. The first-order valence-corrected chi connectivity index (χ1v) is 14.3. The van der Waals surface area contributed by atoms with Crippen LogP contribution in [0.3, 0.4) is 0 Å². The highest BCUT2D eigenvalue weighted by molar-refractivity contribution is 8.05. The summed E-state index contributed by atoms with van der Waals surface area (Å²) >= 11 is 0. The zero-order chi connectivity index (χ0) is 28.6. The lowest BCUT2D eigenvalue weighted by molar-refractivity contribution is -0.244. The summed E-state index contributed by atoms with van der Waals surface area (Å²) in [4.78, 5) is 23.4. The van der Waals surface area contributed by atoms with Crippen LogP contribution in [0.1, 0.15) is 32.1 Å². The Bertz CT molecular complexity index is 1180. The lowest BCUT2D eigenvalue weighted by Gasteiger charge is -2.31. The van der Waals surface area contributed by atoms with Crippen molar-refractivity contribution in [1.82, 2.24) is 14.2 Å². The fourth-order valence-corrected chi connectivity index (χ4v) is 6.35. The van der Waals surface area contributed by atoms with Crippen molar-refractivity contribution in [2.24, 2.45) is 5.92 Å². The monoisotopic (exact) mass is 605 g/mol. The molecule has 1 aliphatic carbocycles. The highest BCUT2D eigenvalue weighted by Crippen LogP contribution is 2.50. The molecule has 0 unspecified atom stereocenters. The molecule has 212 valence electrons. The van der Waals surface area contributed by atoms with Crippen LogP contribution >= 0.6 is 0 Å². The van der Waals surface area contributed by atoms with Crippen LogP contribution in [0.4, 0.5) is 35.1 Å². The average molecular weight is 606 g/mol. The van der Waals surface area contributed by atoms with Crippen LogP contribution in [0.25, 0.3) is 0 Å². The molecule has 3 N–H and O–H groups in total. The third kappa shape index (κ3) is 6.61. The summed E-state index contributed by atoms with van der Waals surface area (Å²) in [5.74, 6) is -17.1. The van der Waals surface area contributed by atoms with Crippen LogP contribution in [0.2, 0.25) is 0 Å². The minimum absolute atomic E-state index is 0.0572. The fraction of sp³-hybridized carbons (Fsp3) is 0.857. The maximum absolute atomic E-state index is 13.9. The first-order valence-electron chi connectivity index (χ1n) is 9.41. The first-order chi connectivity index (χ1) is 15.8. The number of carbonyl (C=O) groups excluding carboxylic acids is 2. The Morgan fingerprint density at radius 2 is 1.22 bits per heavy atom. The maximum atomic E-state index is 13.9. The second kappa shape index (κ2) is 10.3. The zero-order valence-electron chi connectivity index (χ0n) is 17.8. The van der Waals surface area contributed by atoms with Crippen molar-refractivity contribution in [3.8, 4) is 0 Å². The van der Waals surface area contributed by atoms with Gasteiger partial charge in [0.2, 0.25) is 15.9 Å². The van der Waals surface area contributed by atoms with Crippen LogP contribution in [-0.4, -0.2) is 72.2 Å². The number of hydrogen-bond acceptors (Lipinski definition) is 8. The minimum Gasteiger partial charge on any atom is -0.291 e. The molecule has 0 atom stereocenters. The molecule has 0 aliphatic heterocycles. The molecular weight excluding hydrogens is 586 g/mol. The molecule has 1 rings (SSSR count). The van der Waals surface area contributed by atoms with Crippen molar-refractivity contribution in [3.05, 3.63) is 0 Å². The van der Waals surface area contributed by atoms with Gasteiger partial charge in [0.1, 0.15) is 0 Å². The lowest BCUT2D eigenvalue weighted by Crippen LogP contribution is -2.65. The Balaban J connectivity index is 3.11. The second-order valence-corrected chi connectivity index (χ2v) is 13.2. The van der Waals surface area contributed by atoms with Crippen molar-refractivity contribution < 1.29 is 70.0 Å². The van der Waals surface area contributed by atoms with Crippen LogP contribution in [0.5, 0.6) is 0 Å². The summed E-state index contributed by atoms with van der Waals surface area (Å²) in [5.41, 5.74) is 0. The quantitative estimate of drug-likeness (QED) is 0.285. The van der Waals surface area contributed by atoms with Gasteiger partial charge in [-0.25, -0.2) is 30.0 Å². The Morgan fingerprint density at radius 1 is 0.778 bits per heavy atom.